The molecule has 0 radical (unpaired) electrons. The highest BCUT2D eigenvalue weighted by molar-refractivity contribution is 6.30. The van der Waals surface area contributed by atoms with E-state index in [0.717, 1.165) is 0 Å². The van der Waals surface area contributed by atoms with E-state index < -0.39 is 5.82 Å². The first-order valence-corrected chi connectivity index (χ1v) is 6.62. The van der Waals surface area contributed by atoms with Crippen molar-refractivity contribution >= 4 is 17.5 Å². The van der Waals surface area contributed by atoms with E-state index in [9.17, 15) is 9.18 Å². The monoisotopic (exact) mass is 284 g/mol. The zero-order valence-electron chi connectivity index (χ0n) is 11.3. The van der Waals surface area contributed by atoms with Crippen molar-refractivity contribution in [1.82, 2.24) is 4.90 Å². The zero-order chi connectivity index (χ0) is 14.4. The highest BCUT2D eigenvalue weighted by Crippen LogP contribution is 2.38. The van der Waals surface area contributed by atoms with Crippen molar-refractivity contribution < 1.29 is 9.18 Å². The van der Waals surface area contributed by atoms with Gasteiger partial charge in [0.15, 0.2) is 0 Å². The maximum absolute atomic E-state index is 13.6. The molecule has 0 bridgehead atoms. The zero-order valence-corrected chi connectivity index (χ0v) is 12.0. The Kier molecular flexibility index (Phi) is 3.58. The summed E-state index contributed by atoms with van der Waals surface area (Å²) >= 11 is 5.69. The fraction of sp³-hybridized carbons (Fsp3) is 0.500. The van der Waals surface area contributed by atoms with Crippen molar-refractivity contribution in [2.45, 2.75) is 44.8 Å². The highest BCUT2D eigenvalue weighted by Gasteiger charge is 2.43. The van der Waals surface area contributed by atoms with Crippen LogP contribution in [0, 0.1) is 5.82 Å². The fourth-order valence-electron chi connectivity index (χ4n) is 2.64. The Morgan fingerprint density at radius 2 is 2.05 bits per heavy atom. The number of carbonyl (C=O) groups excluding carboxylic acids is 1. The third-order valence-corrected chi connectivity index (χ3v) is 3.68. The molecule has 19 heavy (non-hydrogen) atoms. The Bertz CT molecular complexity index is 513. The number of hydrogen-bond donors (Lipinski definition) is 1. The van der Waals surface area contributed by atoms with Gasteiger partial charge in [-0.2, -0.15) is 0 Å². The first kappa shape index (κ1) is 14.3. The summed E-state index contributed by atoms with van der Waals surface area (Å²) in [6.07, 6.45) is 0.284. The van der Waals surface area contributed by atoms with E-state index in [2.05, 4.69) is 0 Å². The van der Waals surface area contributed by atoms with Gasteiger partial charge in [0.05, 0.1) is 11.1 Å². The van der Waals surface area contributed by atoms with E-state index in [1.54, 1.807) is 11.0 Å². The molecule has 1 aromatic rings. The van der Waals surface area contributed by atoms with Crippen molar-refractivity contribution in [3.63, 3.8) is 0 Å². The quantitative estimate of drug-likeness (QED) is 0.862. The van der Waals surface area contributed by atoms with Crippen LogP contribution in [0.3, 0.4) is 0 Å². The lowest BCUT2D eigenvalue weighted by atomic mass is 9.97. The second kappa shape index (κ2) is 4.76. The van der Waals surface area contributed by atoms with Gasteiger partial charge in [0.1, 0.15) is 5.82 Å². The number of benzene rings is 1. The first-order valence-electron chi connectivity index (χ1n) is 6.24. The van der Waals surface area contributed by atoms with Gasteiger partial charge in [-0.25, -0.2) is 4.39 Å². The van der Waals surface area contributed by atoms with Crippen LogP contribution in [0.15, 0.2) is 18.2 Å². The summed E-state index contributed by atoms with van der Waals surface area (Å²) in [5, 5.41) is 0.0731. The van der Waals surface area contributed by atoms with E-state index in [1.807, 2.05) is 20.8 Å². The van der Waals surface area contributed by atoms with Crippen LogP contribution in [0.5, 0.6) is 0 Å². The molecule has 1 aromatic carbocycles. The van der Waals surface area contributed by atoms with Crippen molar-refractivity contribution in [3.8, 4) is 0 Å². The molecule has 1 heterocycles. The lowest BCUT2D eigenvalue weighted by molar-refractivity contribution is -0.133. The van der Waals surface area contributed by atoms with Gasteiger partial charge in [0.2, 0.25) is 5.91 Å². The Hall–Kier alpha value is -1.13. The average molecular weight is 285 g/mol. The van der Waals surface area contributed by atoms with Crippen molar-refractivity contribution in [2.75, 3.05) is 0 Å². The van der Waals surface area contributed by atoms with Crippen LogP contribution in [0.25, 0.3) is 0 Å². The average Bonchev–Trinajstić information content (AvgIpc) is 2.57. The van der Waals surface area contributed by atoms with E-state index in [-0.39, 0.29) is 35.0 Å². The summed E-state index contributed by atoms with van der Waals surface area (Å²) in [7, 11) is 0. The summed E-state index contributed by atoms with van der Waals surface area (Å²) in [6.45, 7) is 5.84. The Morgan fingerprint density at radius 3 is 2.58 bits per heavy atom. The molecule has 1 aliphatic heterocycles. The second-order valence-corrected chi connectivity index (χ2v) is 6.33. The smallest absolute Gasteiger partial charge is 0.225 e. The molecule has 2 atom stereocenters. The first-order chi connectivity index (χ1) is 8.71. The lowest BCUT2D eigenvalue weighted by Gasteiger charge is -2.38. The van der Waals surface area contributed by atoms with E-state index >= 15 is 0 Å². The molecule has 5 heteroatoms. The van der Waals surface area contributed by atoms with Gasteiger partial charge in [-0.05, 0) is 38.5 Å². The lowest BCUT2D eigenvalue weighted by Crippen LogP contribution is -2.45. The van der Waals surface area contributed by atoms with E-state index in [1.165, 1.54) is 12.1 Å². The Labute approximate surface area is 117 Å². The highest BCUT2D eigenvalue weighted by atomic mass is 35.5. The van der Waals surface area contributed by atoms with Crippen LogP contribution in [0.4, 0.5) is 4.39 Å². The topological polar surface area (TPSA) is 46.3 Å². The van der Waals surface area contributed by atoms with Crippen molar-refractivity contribution in [1.29, 1.82) is 0 Å². The standard InChI is InChI=1S/C14H18ClFN2O/c1-14(2,3)18-12(19)7-11(17)13(18)8-4-5-9(15)10(16)6-8/h4-6,11,13H,7,17H2,1-3H3/t11-,13+/m0/s1. The molecule has 1 aliphatic rings. The molecule has 0 spiro atoms. The van der Waals surface area contributed by atoms with E-state index in [0.29, 0.717) is 5.56 Å². The number of halogens is 2. The molecule has 3 nitrogen and oxygen atoms in total. The molecule has 1 fully saturated rings. The maximum atomic E-state index is 13.6. The predicted molar refractivity (Wildman–Crippen MR) is 73.3 cm³/mol. The third-order valence-electron chi connectivity index (χ3n) is 3.37. The minimum Gasteiger partial charge on any atom is -0.329 e. The number of likely N-dealkylation sites (tertiary alicyclic amines) is 1. The summed E-state index contributed by atoms with van der Waals surface area (Å²) < 4.78 is 13.6. The van der Waals surface area contributed by atoms with Gasteiger partial charge in [-0.1, -0.05) is 17.7 Å². The number of hydrogen-bond acceptors (Lipinski definition) is 2. The van der Waals surface area contributed by atoms with Gasteiger partial charge in [0.25, 0.3) is 0 Å². The maximum Gasteiger partial charge on any atom is 0.225 e. The number of carbonyl (C=O) groups is 1. The minimum absolute atomic E-state index is 0.000332. The Balaban J connectivity index is 2.45. The summed E-state index contributed by atoms with van der Waals surface area (Å²) in [5.41, 5.74) is 6.39. The molecule has 0 aliphatic carbocycles. The van der Waals surface area contributed by atoms with Gasteiger partial charge in [-0.15, -0.1) is 0 Å². The van der Waals surface area contributed by atoms with Crippen LogP contribution in [-0.4, -0.2) is 22.4 Å². The normalized spacial score (nSPS) is 24.1. The molecule has 0 saturated carbocycles. The number of nitrogens with zero attached hydrogens (tertiary/aromatic N) is 1. The number of nitrogens with two attached hydrogens (primary N) is 1. The van der Waals surface area contributed by atoms with Gasteiger partial charge < -0.3 is 10.6 Å². The molecular weight excluding hydrogens is 267 g/mol. The van der Waals surface area contributed by atoms with Crippen LogP contribution in [0.1, 0.15) is 38.8 Å². The van der Waals surface area contributed by atoms with Gasteiger partial charge >= 0.3 is 0 Å². The summed E-state index contributed by atoms with van der Waals surface area (Å²) in [5.74, 6) is -0.486. The van der Waals surface area contributed by atoms with Crippen LogP contribution in [-0.2, 0) is 4.79 Å². The second-order valence-electron chi connectivity index (χ2n) is 5.92. The van der Waals surface area contributed by atoms with E-state index in [4.69, 9.17) is 17.3 Å². The Morgan fingerprint density at radius 1 is 1.42 bits per heavy atom. The molecule has 1 amide bonds. The van der Waals surface area contributed by atoms with Crippen LogP contribution < -0.4 is 5.73 Å². The fourth-order valence-corrected chi connectivity index (χ4v) is 2.76. The number of rotatable bonds is 1. The summed E-state index contributed by atoms with van der Waals surface area (Å²) in [6, 6.07) is 3.96. The molecule has 104 valence electrons. The largest absolute Gasteiger partial charge is 0.329 e. The molecule has 0 aromatic heterocycles. The third kappa shape index (κ3) is 2.60. The SMILES string of the molecule is CC(C)(C)N1C(=O)C[C@H](N)[C@H]1c1ccc(Cl)c(F)c1. The summed E-state index contributed by atoms with van der Waals surface area (Å²) in [4.78, 5) is 13.8. The van der Waals surface area contributed by atoms with Crippen molar-refractivity contribution in [3.05, 3.63) is 34.6 Å². The van der Waals surface area contributed by atoms with Gasteiger partial charge in [0, 0.05) is 18.0 Å². The van der Waals surface area contributed by atoms with Crippen LogP contribution in [0.2, 0.25) is 5.02 Å². The van der Waals surface area contributed by atoms with Gasteiger partial charge in [-0.3, -0.25) is 4.79 Å². The molecule has 1 saturated heterocycles. The molecule has 2 N–H and O–H groups in total. The van der Waals surface area contributed by atoms with Crippen molar-refractivity contribution in [2.24, 2.45) is 5.73 Å². The molecular formula is C14H18ClFN2O. The molecule has 2 rings (SSSR count). The molecule has 0 unspecified atom stereocenters. The predicted octanol–water partition coefficient (Wildman–Crippen LogP) is 2.88. The minimum atomic E-state index is -0.487. The number of amides is 1. The van der Waals surface area contributed by atoms with Crippen LogP contribution >= 0.6 is 11.6 Å².